The third kappa shape index (κ3) is 2.72. The number of carbonyl (C=O) groups is 2. The molecule has 7 nitrogen and oxygen atoms in total. The van der Waals surface area contributed by atoms with Crippen LogP contribution in [0.25, 0.3) is 0 Å². The number of nitrogens with zero attached hydrogens (tertiary/aromatic N) is 1. The summed E-state index contributed by atoms with van der Waals surface area (Å²) in [5.74, 6) is -0.724. The molecule has 0 saturated heterocycles. The van der Waals surface area contributed by atoms with Gasteiger partial charge in [0, 0.05) is 17.8 Å². The van der Waals surface area contributed by atoms with Crippen LogP contribution in [0.1, 0.15) is 27.8 Å². The fraction of sp³-hybridized carbons (Fsp3) is 0.0769. The van der Waals surface area contributed by atoms with E-state index in [0.717, 1.165) is 0 Å². The van der Waals surface area contributed by atoms with Gasteiger partial charge in [0.05, 0.1) is 4.92 Å². The largest absolute Gasteiger partial charge is 0.356 e. The van der Waals surface area contributed by atoms with Crippen molar-refractivity contribution in [3.63, 3.8) is 0 Å². The predicted octanol–water partition coefficient (Wildman–Crippen LogP) is 2.38. The minimum atomic E-state index is -0.578. The third-order valence-corrected chi connectivity index (χ3v) is 2.68. The molecule has 0 saturated carbocycles. The summed E-state index contributed by atoms with van der Waals surface area (Å²) in [6, 6.07) is 7.22. The third-order valence-electron chi connectivity index (χ3n) is 2.68. The molecule has 0 radical (unpaired) electrons. The maximum Gasteiger partial charge on any atom is 0.292 e. The van der Waals surface area contributed by atoms with E-state index < -0.39 is 10.8 Å². The predicted molar refractivity (Wildman–Crippen MR) is 71.8 cm³/mol. The van der Waals surface area contributed by atoms with Crippen LogP contribution >= 0.6 is 0 Å². The number of ketones is 1. The first-order valence-corrected chi connectivity index (χ1v) is 5.73. The standard InChI is InChI=1S/C13H11N3O4/c1-8(17)9-6-11(14-7-9)13(18)15-10-4-2-3-5-12(10)16(19)20/h2-7,14H,1H3,(H,15,18). The number of hydrogen-bond acceptors (Lipinski definition) is 4. The van der Waals surface area contributed by atoms with Crippen molar-refractivity contribution in [3.05, 3.63) is 57.9 Å². The summed E-state index contributed by atoms with van der Waals surface area (Å²) in [4.78, 5) is 36.0. The first kappa shape index (κ1) is 13.5. The Labute approximate surface area is 113 Å². The zero-order chi connectivity index (χ0) is 14.7. The van der Waals surface area contributed by atoms with Crippen LogP contribution in [0.15, 0.2) is 36.5 Å². The number of benzene rings is 1. The van der Waals surface area contributed by atoms with Crippen LogP contribution < -0.4 is 5.32 Å². The number of aromatic nitrogens is 1. The first-order valence-electron chi connectivity index (χ1n) is 5.73. The molecule has 0 spiro atoms. The smallest absolute Gasteiger partial charge is 0.292 e. The summed E-state index contributed by atoms with van der Waals surface area (Å²) < 4.78 is 0. The lowest BCUT2D eigenvalue weighted by Crippen LogP contribution is -2.13. The second-order valence-electron chi connectivity index (χ2n) is 4.09. The van der Waals surface area contributed by atoms with Crippen molar-refractivity contribution >= 4 is 23.1 Å². The average molecular weight is 273 g/mol. The molecular weight excluding hydrogens is 262 g/mol. The molecule has 1 heterocycles. The highest BCUT2D eigenvalue weighted by Gasteiger charge is 2.17. The molecule has 0 aliphatic rings. The maximum absolute atomic E-state index is 11.9. The highest BCUT2D eigenvalue weighted by Crippen LogP contribution is 2.23. The van der Waals surface area contributed by atoms with E-state index in [4.69, 9.17) is 0 Å². The Hall–Kier alpha value is -2.96. The van der Waals surface area contributed by atoms with Crippen molar-refractivity contribution < 1.29 is 14.5 Å². The van der Waals surface area contributed by atoms with Crippen LogP contribution in [0.5, 0.6) is 0 Å². The Balaban J connectivity index is 2.23. The van der Waals surface area contributed by atoms with Crippen molar-refractivity contribution in [2.24, 2.45) is 0 Å². The molecule has 2 N–H and O–H groups in total. The van der Waals surface area contributed by atoms with Gasteiger partial charge in [0.25, 0.3) is 11.6 Å². The quantitative estimate of drug-likeness (QED) is 0.506. The second kappa shape index (κ2) is 5.35. The molecule has 0 atom stereocenters. The number of carbonyl (C=O) groups excluding carboxylic acids is 2. The highest BCUT2D eigenvalue weighted by atomic mass is 16.6. The number of nitro groups is 1. The van der Waals surface area contributed by atoms with Gasteiger partial charge in [0.15, 0.2) is 5.78 Å². The minimum absolute atomic E-state index is 0.0986. The van der Waals surface area contributed by atoms with Gasteiger partial charge in [-0.1, -0.05) is 12.1 Å². The molecule has 20 heavy (non-hydrogen) atoms. The van der Waals surface area contributed by atoms with Crippen molar-refractivity contribution in [3.8, 4) is 0 Å². The van der Waals surface area contributed by atoms with Crippen LogP contribution in [0.4, 0.5) is 11.4 Å². The number of rotatable bonds is 4. The lowest BCUT2D eigenvalue weighted by atomic mass is 10.2. The van der Waals surface area contributed by atoms with Gasteiger partial charge in [0.2, 0.25) is 0 Å². The molecule has 0 bridgehead atoms. The van der Waals surface area contributed by atoms with Gasteiger partial charge in [-0.2, -0.15) is 0 Å². The number of aromatic amines is 1. The monoisotopic (exact) mass is 273 g/mol. The molecule has 1 aromatic heterocycles. The van der Waals surface area contributed by atoms with E-state index in [0.29, 0.717) is 5.56 Å². The number of H-pyrrole nitrogens is 1. The Morgan fingerprint density at radius 3 is 2.60 bits per heavy atom. The summed E-state index contributed by atoms with van der Waals surface area (Å²) >= 11 is 0. The van der Waals surface area contributed by atoms with Crippen molar-refractivity contribution in [2.45, 2.75) is 6.92 Å². The van der Waals surface area contributed by atoms with Gasteiger partial charge in [-0.15, -0.1) is 0 Å². The van der Waals surface area contributed by atoms with E-state index in [1.54, 1.807) is 6.07 Å². The lowest BCUT2D eigenvalue weighted by molar-refractivity contribution is -0.383. The fourth-order valence-corrected chi connectivity index (χ4v) is 1.66. The van der Waals surface area contributed by atoms with Gasteiger partial charge in [-0.05, 0) is 19.1 Å². The van der Waals surface area contributed by atoms with Gasteiger partial charge in [-0.25, -0.2) is 0 Å². The molecular formula is C13H11N3O4. The van der Waals surface area contributed by atoms with E-state index in [9.17, 15) is 19.7 Å². The van der Waals surface area contributed by atoms with Crippen molar-refractivity contribution in [1.29, 1.82) is 0 Å². The van der Waals surface area contributed by atoms with Gasteiger partial charge in [0.1, 0.15) is 11.4 Å². The molecule has 0 fully saturated rings. The van der Waals surface area contributed by atoms with Gasteiger partial charge < -0.3 is 10.3 Å². The SMILES string of the molecule is CC(=O)c1c[nH]c(C(=O)Nc2ccccc2[N+](=O)[O-])c1. The first-order chi connectivity index (χ1) is 9.49. The van der Waals surface area contributed by atoms with E-state index in [1.807, 2.05) is 0 Å². The highest BCUT2D eigenvalue weighted by molar-refractivity contribution is 6.06. The molecule has 2 aromatic rings. The molecule has 102 valence electrons. The number of amides is 1. The molecule has 1 aromatic carbocycles. The van der Waals surface area contributed by atoms with Crippen LogP contribution in [0.2, 0.25) is 0 Å². The summed E-state index contributed by atoms with van der Waals surface area (Å²) in [6.07, 6.45) is 1.41. The molecule has 0 aliphatic carbocycles. The average Bonchev–Trinajstić information content (AvgIpc) is 2.89. The topological polar surface area (TPSA) is 105 Å². The Morgan fingerprint density at radius 2 is 2.00 bits per heavy atom. The Bertz CT molecular complexity index is 690. The number of para-hydroxylation sites is 2. The van der Waals surface area contributed by atoms with E-state index in [1.165, 1.54) is 37.4 Å². The number of anilines is 1. The summed E-state index contributed by atoms with van der Waals surface area (Å²) in [5, 5.41) is 13.3. The molecule has 7 heteroatoms. The molecule has 0 unspecified atom stereocenters. The Kier molecular flexibility index (Phi) is 3.60. The summed E-state index contributed by atoms with van der Waals surface area (Å²) in [7, 11) is 0. The number of hydrogen-bond donors (Lipinski definition) is 2. The zero-order valence-corrected chi connectivity index (χ0v) is 10.5. The Morgan fingerprint density at radius 1 is 1.30 bits per heavy atom. The van der Waals surface area contributed by atoms with Gasteiger partial charge >= 0.3 is 0 Å². The van der Waals surface area contributed by atoms with E-state index >= 15 is 0 Å². The van der Waals surface area contributed by atoms with Crippen molar-refractivity contribution in [1.82, 2.24) is 4.98 Å². The second-order valence-corrected chi connectivity index (χ2v) is 4.09. The summed E-state index contributed by atoms with van der Waals surface area (Å²) in [6.45, 7) is 1.38. The van der Waals surface area contributed by atoms with Crippen LogP contribution in [-0.4, -0.2) is 21.6 Å². The van der Waals surface area contributed by atoms with E-state index in [2.05, 4.69) is 10.3 Å². The number of nitrogens with one attached hydrogen (secondary N) is 2. The van der Waals surface area contributed by atoms with Crippen molar-refractivity contribution in [2.75, 3.05) is 5.32 Å². The normalized spacial score (nSPS) is 10.1. The zero-order valence-electron chi connectivity index (χ0n) is 10.5. The maximum atomic E-state index is 11.9. The lowest BCUT2D eigenvalue weighted by Gasteiger charge is -2.04. The van der Waals surface area contributed by atoms with Gasteiger partial charge in [-0.3, -0.25) is 19.7 Å². The molecule has 2 rings (SSSR count). The van der Waals surface area contributed by atoms with E-state index in [-0.39, 0.29) is 22.9 Å². The minimum Gasteiger partial charge on any atom is -0.356 e. The van der Waals surface area contributed by atoms with Crippen LogP contribution in [0, 0.1) is 10.1 Å². The summed E-state index contributed by atoms with van der Waals surface area (Å²) in [5.41, 5.74) is 0.437. The van der Waals surface area contributed by atoms with Crippen LogP contribution in [-0.2, 0) is 0 Å². The molecule has 1 amide bonds. The number of nitro benzene ring substituents is 1. The fourth-order valence-electron chi connectivity index (χ4n) is 1.66. The number of Topliss-reactive ketones (excluding diaryl/α,β-unsaturated/α-hetero) is 1. The van der Waals surface area contributed by atoms with Crippen LogP contribution in [0.3, 0.4) is 0 Å². The molecule has 0 aliphatic heterocycles.